The molecule has 2 rings (SSSR count). The van der Waals surface area contributed by atoms with Gasteiger partial charge in [0.1, 0.15) is 5.54 Å². The highest BCUT2D eigenvalue weighted by molar-refractivity contribution is 5.79. The largest absolute Gasteiger partial charge is 0.480 e. The Balaban J connectivity index is 1.91. The van der Waals surface area contributed by atoms with Gasteiger partial charge in [-0.05, 0) is 32.9 Å². The van der Waals surface area contributed by atoms with E-state index in [0.717, 1.165) is 52.0 Å². The molecule has 1 saturated heterocycles. The number of carboxylic acids is 1. The molecule has 104 valence electrons. The molecule has 2 atom stereocenters. The Morgan fingerprint density at radius 2 is 2.06 bits per heavy atom. The van der Waals surface area contributed by atoms with Gasteiger partial charge in [0.15, 0.2) is 0 Å². The number of hydrogen-bond donors (Lipinski definition) is 2. The molecule has 18 heavy (non-hydrogen) atoms. The van der Waals surface area contributed by atoms with E-state index in [0.29, 0.717) is 6.04 Å². The second-order valence-electron chi connectivity index (χ2n) is 5.50. The van der Waals surface area contributed by atoms with E-state index in [1.807, 2.05) is 0 Å². The fourth-order valence-electron chi connectivity index (χ4n) is 3.30. The van der Waals surface area contributed by atoms with Gasteiger partial charge in [-0.15, -0.1) is 0 Å². The minimum atomic E-state index is -0.695. The molecule has 0 aromatic carbocycles. The summed E-state index contributed by atoms with van der Waals surface area (Å²) in [6.07, 6.45) is 2.49. The number of nitrogens with zero attached hydrogens (tertiary/aromatic N) is 2. The van der Waals surface area contributed by atoms with Gasteiger partial charge in [-0.3, -0.25) is 9.69 Å². The van der Waals surface area contributed by atoms with E-state index in [4.69, 9.17) is 0 Å². The Morgan fingerprint density at radius 1 is 1.39 bits per heavy atom. The van der Waals surface area contributed by atoms with Crippen molar-refractivity contribution in [2.75, 3.05) is 39.8 Å². The zero-order valence-electron chi connectivity index (χ0n) is 11.5. The topological polar surface area (TPSA) is 55.8 Å². The third-order valence-electron chi connectivity index (χ3n) is 4.75. The van der Waals surface area contributed by atoms with Crippen LogP contribution in [0.25, 0.3) is 0 Å². The molecule has 5 nitrogen and oxygen atoms in total. The molecule has 2 unspecified atom stereocenters. The molecule has 0 aromatic rings. The van der Waals surface area contributed by atoms with Gasteiger partial charge in [-0.2, -0.15) is 0 Å². The Bertz CT molecular complexity index is 303. The fourth-order valence-corrected chi connectivity index (χ4v) is 3.30. The van der Waals surface area contributed by atoms with Crippen LogP contribution in [0.15, 0.2) is 0 Å². The van der Waals surface area contributed by atoms with Crippen LogP contribution in [0.1, 0.15) is 26.2 Å². The van der Waals surface area contributed by atoms with Crippen LogP contribution in [0, 0.1) is 0 Å². The molecule has 2 fully saturated rings. The highest BCUT2D eigenvalue weighted by atomic mass is 16.4. The van der Waals surface area contributed by atoms with Gasteiger partial charge in [0.05, 0.1) is 0 Å². The first-order chi connectivity index (χ1) is 8.61. The van der Waals surface area contributed by atoms with Crippen LogP contribution in [0.5, 0.6) is 0 Å². The number of piperazine rings is 1. The number of carboxylic acid groups (broad SMARTS) is 1. The summed E-state index contributed by atoms with van der Waals surface area (Å²) in [5.74, 6) is -0.695. The molecule has 1 aliphatic carbocycles. The van der Waals surface area contributed by atoms with E-state index in [1.165, 1.54) is 0 Å². The van der Waals surface area contributed by atoms with Gasteiger partial charge in [0, 0.05) is 32.2 Å². The smallest absolute Gasteiger partial charge is 0.323 e. The third kappa shape index (κ3) is 2.53. The summed E-state index contributed by atoms with van der Waals surface area (Å²) in [5.41, 5.74) is -0.688. The van der Waals surface area contributed by atoms with Crippen molar-refractivity contribution in [1.82, 2.24) is 15.1 Å². The number of aliphatic carboxylic acids is 1. The van der Waals surface area contributed by atoms with Gasteiger partial charge >= 0.3 is 5.97 Å². The second-order valence-corrected chi connectivity index (χ2v) is 5.50. The third-order valence-corrected chi connectivity index (χ3v) is 4.75. The molecular formula is C13H25N3O2. The standard InChI is InChI=1S/C13H25N3O2/c1-3-15-6-8-16(9-7-15)11-4-5-13(10-11,14-2)12(17)18/h11,14H,3-10H2,1-2H3,(H,17,18). The monoisotopic (exact) mass is 255 g/mol. The van der Waals surface area contributed by atoms with Crippen LogP contribution in [0.4, 0.5) is 0 Å². The molecule has 0 spiro atoms. The van der Waals surface area contributed by atoms with Gasteiger partial charge in [0.2, 0.25) is 0 Å². The van der Waals surface area contributed by atoms with Gasteiger partial charge in [0.25, 0.3) is 0 Å². The normalized spacial score (nSPS) is 34.9. The van der Waals surface area contributed by atoms with E-state index in [9.17, 15) is 9.90 Å². The minimum Gasteiger partial charge on any atom is -0.480 e. The van der Waals surface area contributed by atoms with Gasteiger partial charge in [-0.1, -0.05) is 6.92 Å². The minimum absolute atomic E-state index is 0.438. The number of carbonyl (C=O) groups is 1. The van der Waals surface area contributed by atoms with Crippen LogP contribution in [0.2, 0.25) is 0 Å². The maximum atomic E-state index is 11.4. The lowest BCUT2D eigenvalue weighted by Crippen LogP contribution is -2.52. The lowest BCUT2D eigenvalue weighted by Gasteiger charge is -2.38. The van der Waals surface area contributed by atoms with Crippen LogP contribution in [-0.2, 0) is 4.79 Å². The molecular weight excluding hydrogens is 230 g/mol. The van der Waals surface area contributed by atoms with Crippen molar-refractivity contribution in [3.05, 3.63) is 0 Å². The molecule has 2 aliphatic rings. The van der Waals surface area contributed by atoms with Crippen molar-refractivity contribution < 1.29 is 9.90 Å². The molecule has 5 heteroatoms. The molecule has 1 heterocycles. The predicted octanol–water partition coefficient (Wildman–Crippen LogP) is 0.219. The number of rotatable bonds is 4. The van der Waals surface area contributed by atoms with Crippen molar-refractivity contribution in [3.8, 4) is 0 Å². The number of likely N-dealkylation sites (N-methyl/N-ethyl adjacent to an activating group) is 2. The molecule has 1 saturated carbocycles. The van der Waals surface area contributed by atoms with Crippen LogP contribution in [-0.4, -0.2) is 72.2 Å². The summed E-state index contributed by atoms with van der Waals surface area (Å²) in [6, 6.07) is 0.438. The summed E-state index contributed by atoms with van der Waals surface area (Å²) in [6.45, 7) is 7.71. The highest BCUT2D eigenvalue weighted by Gasteiger charge is 2.46. The second kappa shape index (κ2) is 5.55. The first-order valence-corrected chi connectivity index (χ1v) is 7.00. The Kier molecular flexibility index (Phi) is 4.25. The van der Waals surface area contributed by atoms with Crippen molar-refractivity contribution in [2.45, 2.75) is 37.8 Å². The van der Waals surface area contributed by atoms with E-state index in [-0.39, 0.29) is 0 Å². The summed E-state index contributed by atoms with van der Waals surface area (Å²) in [7, 11) is 1.77. The first-order valence-electron chi connectivity index (χ1n) is 7.00. The summed E-state index contributed by atoms with van der Waals surface area (Å²) in [5, 5.41) is 12.4. The van der Waals surface area contributed by atoms with Crippen molar-refractivity contribution >= 4 is 5.97 Å². The number of nitrogens with one attached hydrogen (secondary N) is 1. The maximum absolute atomic E-state index is 11.4. The molecule has 0 bridgehead atoms. The van der Waals surface area contributed by atoms with E-state index in [1.54, 1.807) is 7.05 Å². The average Bonchev–Trinajstić information content (AvgIpc) is 2.84. The zero-order chi connectivity index (χ0) is 13.2. The molecule has 1 aliphatic heterocycles. The highest BCUT2D eigenvalue weighted by Crippen LogP contribution is 2.33. The lowest BCUT2D eigenvalue weighted by atomic mass is 9.97. The first kappa shape index (κ1) is 13.8. The van der Waals surface area contributed by atoms with Gasteiger partial charge in [-0.25, -0.2) is 0 Å². The van der Waals surface area contributed by atoms with Crippen LogP contribution >= 0.6 is 0 Å². The molecule has 0 amide bonds. The van der Waals surface area contributed by atoms with Crippen molar-refractivity contribution in [1.29, 1.82) is 0 Å². The molecule has 0 aromatic heterocycles. The van der Waals surface area contributed by atoms with E-state index in [2.05, 4.69) is 22.0 Å². The maximum Gasteiger partial charge on any atom is 0.323 e. The van der Waals surface area contributed by atoms with Crippen molar-refractivity contribution in [2.24, 2.45) is 0 Å². The fraction of sp³-hybridized carbons (Fsp3) is 0.923. The van der Waals surface area contributed by atoms with E-state index >= 15 is 0 Å². The SMILES string of the molecule is CCN1CCN(C2CCC(NC)(C(=O)O)C2)CC1. The number of hydrogen-bond acceptors (Lipinski definition) is 4. The molecule has 0 radical (unpaired) electrons. The average molecular weight is 255 g/mol. The lowest BCUT2D eigenvalue weighted by molar-refractivity contribution is -0.144. The Hall–Kier alpha value is -0.650. The Labute approximate surface area is 109 Å². The van der Waals surface area contributed by atoms with E-state index < -0.39 is 11.5 Å². The quantitative estimate of drug-likeness (QED) is 0.752. The summed E-state index contributed by atoms with van der Waals surface area (Å²) < 4.78 is 0. The van der Waals surface area contributed by atoms with Gasteiger partial charge < -0.3 is 15.3 Å². The zero-order valence-corrected chi connectivity index (χ0v) is 11.5. The molecule has 2 N–H and O–H groups in total. The van der Waals surface area contributed by atoms with Crippen LogP contribution < -0.4 is 5.32 Å². The summed E-state index contributed by atoms with van der Waals surface area (Å²) in [4.78, 5) is 16.3. The summed E-state index contributed by atoms with van der Waals surface area (Å²) >= 11 is 0. The van der Waals surface area contributed by atoms with Crippen molar-refractivity contribution in [3.63, 3.8) is 0 Å². The Morgan fingerprint density at radius 3 is 2.50 bits per heavy atom. The van der Waals surface area contributed by atoms with Crippen LogP contribution in [0.3, 0.4) is 0 Å². The predicted molar refractivity (Wildman–Crippen MR) is 70.8 cm³/mol.